The Kier molecular flexibility index (Phi) is 3.94. The summed E-state index contributed by atoms with van der Waals surface area (Å²) in [6, 6.07) is 9.86. The van der Waals surface area contributed by atoms with Crippen LogP contribution in [-0.2, 0) is 12.8 Å². The predicted octanol–water partition coefficient (Wildman–Crippen LogP) is 4.31. The number of hydrogen-bond acceptors (Lipinski definition) is 3. The number of thiophene rings is 1. The summed E-state index contributed by atoms with van der Waals surface area (Å²) in [6.07, 6.45) is 8.79. The molecule has 0 saturated heterocycles. The maximum absolute atomic E-state index is 12.6. The first-order chi connectivity index (χ1) is 11.7. The maximum Gasteiger partial charge on any atom is 0.265 e. The number of aryl methyl sites for hydroxylation is 1. The topological polar surface area (TPSA) is 46.9 Å². The Morgan fingerprint density at radius 1 is 1.38 bits per heavy atom. The molecule has 1 aromatic carbocycles. The summed E-state index contributed by atoms with van der Waals surface area (Å²) in [5.41, 5.74) is 3.13. The van der Waals surface area contributed by atoms with Crippen molar-refractivity contribution in [3.63, 3.8) is 0 Å². The lowest BCUT2D eigenvalue weighted by molar-refractivity contribution is 0.103. The van der Waals surface area contributed by atoms with Crippen LogP contribution in [0.25, 0.3) is 5.69 Å². The van der Waals surface area contributed by atoms with Crippen molar-refractivity contribution in [2.24, 2.45) is 5.92 Å². The van der Waals surface area contributed by atoms with E-state index in [4.69, 9.17) is 0 Å². The van der Waals surface area contributed by atoms with Crippen LogP contribution in [0.15, 0.2) is 49.1 Å². The second-order valence-electron chi connectivity index (χ2n) is 6.38. The molecule has 2 aromatic heterocycles. The van der Waals surface area contributed by atoms with Gasteiger partial charge in [0.25, 0.3) is 5.91 Å². The van der Waals surface area contributed by atoms with Crippen molar-refractivity contribution >= 4 is 22.9 Å². The molecule has 0 saturated carbocycles. The summed E-state index contributed by atoms with van der Waals surface area (Å²) in [4.78, 5) is 18.8. The second kappa shape index (κ2) is 6.24. The minimum Gasteiger partial charge on any atom is -0.321 e. The number of imidazole rings is 1. The highest BCUT2D eigenvalue weighted by Gasteiger charge is 2.20. The van der Waals surface area contributed by atoms with E-state index >= 15 is 0 Å². The van der Waals surface area contributed by atoms with Crippen molar-refractivity contribution in [2.75, 3.05) is 5.32 Å². The van der Waals surface area contributed by atoms with E-state index < -0.39 is 0 Å². The van der Waals surface area contributed by atoms with E-state index in [9.17, 15) is 4.79 Å². The van der Waals surface area contributed by atoms with Crippen LogP contribution in [0, 0.1) is 5.92 Å². The van der Waals surface area contributed by atoms with Gasteiger partial charge in [-0.2, -0.15) is 0 Å². The number of nitrogens with zero attached hydrogens (tertiary/aromatic N) is 2. The van der Waals surface area contributed by atoms with Gasteiger partial charge in [0.15, 0.2) is 0 Å². The molecular formula is C19H19N3OS. The van der Waals surface area contributed by atoms with Crippen molar-refractivity contribution in [1.29, 1.82) is 0 Å². The third-order valence-corrected chi connectivity index (χ3v) is 5.70. The molecule has 2 heterocycles. The fourth-order valence-corrected chi connectivity index (χ4v) is 4.27. The number of anilines is 1. The fourth-order valence-electron chi connectivity index (χ4n) is 3.17. The van der Waals surface area contributed by atoms with Gasteiger partial charge >= 0.3 is 0 Å². The molecule has 1 amide bonds. The van der Waals surface area contributed by atoms with Gasteiger partial charge in [-0.1, -0.05) is 13.0 Å². The Labute approximate surface area is 145 Å². The molecular weight excluding hydrogens is 318 g/mol. The lowest BCUT2D eigenvalue weighted by atomic mass is 9.90. The monoisotopic (exact) mass is 337 g/mol. The number of carbonyl (C=O) groups excluding carboxylic acids is 1. The van der Waals surface area contributed by atoms with E-state index in [0.29, 0.717) is 0 Å². The normalized spacial score (nSPS) is 16.6. The molecule has 24 heavy (non-hydrogen) atoms. The highest BCUT2D eigenvalue weighted by molar-refractivity contribution is 7.14. The predicted molar refractivity (Wildman–Crippen MR) is 97.0 cm³/mol. The van der Waals surface area contributed by atoms with Crippen molar-refractivity contribution < 1.29 is 4.79 Å². The average Bonchev–Trinajstić information content (AvgIpc) is 3.24. The minimum absolute atomic E-state index is 0.0233. The molecule has 1 atom stereocenters. The molecule has 5 heteroatoms. The summed E-state index contributed by atoms with van der Waals surface area (Å²) < 4.78 is 1.92. The molecule has 122 valence electrons. The molecule has 0 fully saturated rings. The number of carbonyl (C=O) groups is 1. The zero-order chi connectivity index (χ0) is 16.5. The number of fused-ring (bicyclic) bond motifs is 1. The molecule has 0 spiro atoms. The zero-order valence-corrected chi connectivity index (χ0v) is 14.3. The number of benzene rings is 1. The van der Waals surface area contributed by atoms with Gasteiger partial charge in [-0.25, -0.2) is 4.98 Å². The van der Waals surface area contributed by atoms with Crippen molar-refractivity contribution in [1.82, 2.24) is 9.55 Å². The maximum atomic E-state index is 12.6. The Morgan fingerprint density at radius 3 is 3.12 bits per heavy atom. The number of rotatable bonds is 3. The van der Waals surface area contributed by atoms with E-state index in [0.717, 1.165) is 35.0 Å². The van der Waals surface area contributed by atoms with Gasteiger partial charge in [0, 0.05) is 28.6 Å². The third kappa shape index (κ3) is 2.99. The SMILES string of the molecule is C[C@@H]1CCc2sc(C(=O)Nc3cccc(-n4ccnc4)c3)cc2C1. The van der Waals surface area contributed by atoms with Gasteiger partial charge in [-0.15, -0.1) is 11.3 Å². The van der Waals surface area contributed by atoms with Gasteiger partial charge < -0.3 is 9.88 Å². The zero-order valence-electron chi connectivity index (χ0n) is 13.5. The standard InChI is InChI=1S/C19H19N3OS/c1-13-5-6-17-14(9-13)10-18(24-17)19(23)21-15-3-2-4-16(11-15)22-8-7-20-12-22/h2-4,7-8,10-13H,5-6,9H2,1H3,(H,21,23)/t13-/m1/s1. The largest absolute Gasteiger partial charge is 0.321 e. The fraction of sp³-hybridized carbons (Fsp3) is 0.263. The third-order valence-electron chi connectivity index (χ3n) is 4.46. The van der Waals surface area contributed by atoms with Crippen LogP contribution in [0.4, 0.5) is 5.69 Å². The first kappa shape index (κ1) is 15.1. The molecule has 1 aliphatic carbocycles. The van der Waals surface area contributed by atoms with Crippen LogP contribution in [0.2, 0.25) is 0 Å². The van der Waals surface area contributed by atoms with Crippen molar-refractivity contribution in [3.05, 3.63) is 64.4 Å². The molecule has 0 radical (unpaired) electrons. The summed E-state index contributed by atoms with van der Waals surface area (Å²) >= 11 is 1.64. The van der Waals surface area contributed by atoms with E-state index in [1.165, 1.54) is 16.9 Å². The summed E-state index contributed by atoms with van der Waals surface area (Å²) in [5, 5.41) is 3.02. The lowest BCUT2D eigenvalue weighted by Gasteiger charge is -2.16. The molecule has 0 unspecified atom stereocenters. The lowest BCUT2D eigenvalue weighted by Crippen LogP contribution is -2.10. The van der Waals surface area contributed by atoms with Gasteiger partial charge in [0.05, 0.1) is 11.2 Å². The van der Waals surface area contributed by atoms with Crippen molar-refractivity contribution in [3.8, 4) is 5.69 Å². The Bertz CT molecular complexity index is 867. The first-order valence-corrected chi connectivity index (χ1v) is 9.02. The van der Waals surface area contributed by atoms with Crippen LogP contribution in [0.1, 0.15) is 33.5 Å². The average molecular weight is 337 g/mol. The van der Waals surface area contributed by atoms with E-state index in [1.807, 2.05) is 35.0 Å². The van der Waals surface area contributed by atoms with Crippen LogP contribution in [0.5, 0.6) is 0 Å². The Morgan fingerprint density at radius 2 is 2.29 bits per heavy atom. The number of hydrogen-bond donors (Lipinski definition) is 1. The first-order valence-electron chi connectivity index (χ1n) is 8.20. The Balaban J connectivity index is 1.53. The van der Waals surface area contributed by atoms with E-state index in [-0.39, 0.29) is 5.91 Å². The smallest absolute Gasteiger partial charge is 0.265 e. The molecule has 0 aliphatic heterocycles. The number of nitrogens with one attached hydrogen (secondary N) is 1. The molecule has 1 N–H and O–H groups in total. The number of amides is 1. The molecule has 0 bridgehead atoms. The summed E-state index contributed by atoms with van der Waals surface area (Å²) in [6.45, 7) is 2.28. The summed E-state index contributed by atoms with van der Waals surface area (Å²) in [7, 11) is 0. The highest BCUT2D eigenvalue weighted by Crippen LogP contribution is 2.32. The molecule has 4 nitrogen and oxygen atoms in total. The Hall–Kier alpha value is -2.40. The van der Waals surface area contributed by atoms with Crippen LogP contribution in [-0.4, -0.2) is 15.5 Å². The van der Waals surface area contributed by atoms with E-state index in [1.54, 1.807) is 23.9 Å². The summed E-state index contributed by atoms with van der Waals surface area (Å²) in [5.74, 6) is 0.694. The molecule has 3 aromatic rings. The highest BCUT2D eigenvalue weighted by atomic mass is 32.1. The van der Waals surface area contributed by atoms with Crippen LogP contribution >= 0.6 is 11.3 Å². The van der Waals surface area contributed by atoms with Crippen molar-refractivity contribution in [2.45, 2.75) is 26.2 Å². The quantitative estimate of drug-likeness (QED) is 0.774. The molecule has 4 rings (SSSR count). The van der Waals surface area contributed by atoms with Gasteiger partial charge in [0.2, 0.25) is 0 Å². The van der Waals surface area contributed by atoms with E-state index in [2.05, 4.69) is 23.3 Å². The van der Waals surface area contributed by atoms with Crippen LogP contribution < -0.4 is 5.32 Å². The molecule has 1 aliphatic rings. The van der Waals surface area contributed by atoms with Crippen LogP contribution in [0.3, 0.4) is 0 Å². The minimum atomic E-state index is -0.0233. The van der Waals surface area contributed by atoms with Gasteiger partial charge in [-0.05, 0) is 55.0 Å². The van der Waals surface area contributed by atoms with Gasteiger partial charge in [-0.3, -0.25) is 4.79 Å². The number of aromatic nitrogens is 2. The van der Waals surface area contributed by atoms with Gasteiger partial charge in [0.1, 0.15) is 0 Å². The second-order valence-corrected chi connectivity index (χ2v) is 7.52.